The molecule has 0 radical (unpaired) electrons. The molecule has 1 aliphatic carbocycles. The Morgan fingerprint density at radius 1 is 1.17 bits per heavy atom. The molecule has 24 heavy (non-hydrogen) atoms. The molecular formula is C19H27FN2O2. The maximum atomic E-state index is 13.2. The molecule has 2 aliphatic rings. The standard InChI is InChI=1S/C19H27FN2O2/c1-21(2)14-18(24)8-3-12-22(13-11-18)17(23)19(9-10-19)15-4-6-16(20)7-5-15/h4-7,24H,3,8-14H2,1-2H3/t18-/m1/s1. The summed E-state index contributed by atoms with van der Waals surface area (Å²) in [6.07, 6.45) is 3.80. The molecule has 132 valence electrons. The molecule has 4 nitrogen and oxygen atoms in total. The number of aliphatic hydroxyl groups is 1. The van der Waals surface area contributed by atoms with Crippen LogP contribution in [0.1, 0.15) is 37.7 Å². The number of halogens is 1. The molecule has 1 aliphatic heterocycles. The fourth-order valence-corrected chi connectivity index (χ4v) is 3.95. The van der Waals surface area contributed by atoms with Crippen molar-refractivity contribution in [3.8, 4) is 0 Å². The number of amides is 1. The first kappa shape index (κ1) is 17.4. The van der Waals surface area contributed by atoms with Gasteiger partial charge in [-0.2, -0.15) is 0 Å². The van der Waals surface area contributed by atoms with Crippen molar-refractivity contribution in [1.29, 1.82) is 0 Å². The van der Waals surface area contributed by atoms with Gasteiger partial charge in [0, 0.05) is 19.6 Å². The lowest BCUT2D eigenvalue weighted by Crippen LogP contribution is -2.43. The van der Waals surface area contributed by atoms with Gasteiger partial charge in [0.1, 0.15) is 5.82 Å². The van der Waals surface area contributed by atoms with Gasteiger partial charge in [0.2, 0.25) is 5.91 Å². The number of carbonyl (C=O) groups is 1. The smallest absolute Gasteiger partial charge is 0.233 e. The third kappa shape index (κ3) is 3.47. The molecule has 2 fully saturated rings. The zero-order valence-corrected chi connectivity index (χ0v) is 14.6. The number of nitrogens with zero attached hydrogens (tertiary/aromatic N) is 2. The van der Waals surface area contributed by atoms with Crippen LogP contribution in [0.15, 0.2) is 24.3 Å². The lowest BCUT2D eigenvalue weighted by molar-refractivity contribution is -0.134. The summed E-state index contributed by atoms with van der Waals surface area (Å²) in [6, 6.07) is 6.34. The third-order valence-corrected chi connectivity index (χ3v) is 5.37. The van der Waals surface area contributed by atoms with Gasteiger partial charge in [-0.05, 0) is 63.9 Å². The van der Waals surface area contributed by atoms with E-state index >= 15 is 0 Å². The topological polar surface area (TPSA) is 43.8 Å². The van der Waals surface area contributed by atoms with Crippen molar-refractivity contribution in [3.63, 3.8) is 0 Å². The van der Waals surface area contributed by atoms with E-state index in [1.807, 2.05) is 23.9 Å². The highest BCUT2D eigenvalue weighted by atomic mass is 19.1. The van der Waals surface area contributed by atoms with E-state index in [-0.39, 0.29) is 11.7 Å². The highest BCUT2D eigenvalue weighted by Gasteiger charge is 2.53. The molecule has 3 rings (SSSR count). The fourth-order valence-electron chi connectivity index (χ4n) is 3.95. The second-order valence-corrected chi connectivity index (χ2v) is 7.70. The van der Waals surface area contributed by atoms with Gasteiger partial charge < -0.3 is 14.9 Å². The summed E-state index contributed by atoms with van der Waals surface area (Å²) in [4.78, 5) is 17.0. The number of hydrogen-bond donors (Lipinski definition) is 1. The molecule has 0 aromatic heterocycles. The number of carbonyl (C=O) groups excluding carboxylic acids is 1. The van der Waals surface area contributed by atoms with Crippen molar-refractivity contribution in [1.82, 2.24) is 9.80 Å². The second kappa shape index (κ2) is 6.45. The van der Waals surface area contributed by atoms with E-state index < -0.39 is 11.0 Å². The van der Waals surface area contributed by atoms with E-state index in [0.29, 0.717) is 26.1 Å². The Hall–Kier alpha value is -1.46. The molecule has 1 saturated carbocycles. The van der Waals surface area contributed by atoms with Crippen molar-refractivity contribution in [3.05, 3.63) is 35.6 Å². The first-order chi connectivity index (χ1) is 11.3. The summed E-state index contributed by atoms with van der Waals surface area (Å²) in [5.41, 5.74) is -0.260. The average Bonchev–Trinajstić information content (AvgIpc) is 3.32. The van der Waals surface area contributed by atoms with Gasteiger partial charge in [0.25, 0.3) is 0 Å². The van der Waals surface area contributed by atoms with Gasteiger partial charge in [-0.25, -0.2) is 4.39 Å². The van der Waals surface area contributed by atoms with E-state index in [1.165, 1.54) is 12.1 Å². The fraction of sp³-hybridized carbons (Fsp3) is 0.632. The Labute approximate surface area is 143 Å². The second-order valence-electron chi connectivity index (χ2n) is 7.70. The maximum Gasteiger partial charge on any atom is 0.233 e. The highest BCUT2D eigenvalue weighted by molar-refractivity contribution is 5.91. The SMILES string of the molecule is CN(C)C[C@@]1(O)CCCN(C(=O)C2(c3ccc(F)cc3)CC2)CC1. The average molecular weight is 334 g/mol. The van der Waals surface area contributed by atoms with Gasteiger partial charge in [0.15, 0.2) is 0 Å². The van der Waals surface area contributed by atoms with E-state index in [4.69, 9.17) is 0 Å². The van der Waals surface area contributed by atoms with E-state index in [9.17, 15) is 14.3 Å². The lowest BCUT2D eigenvalue weighted by Gasteiger charge is -2.30. The first-order valence-corrected chi connectivity index (χ1v) is 8.77. The predicted molar refractivity (Wildman–Crippen MR) is 91.2 cm³/mol. The van der Waals surface area contributed by atoms with Crippen molar-refractivity contribution in [2.75, 3.05) is 33.7 Å². The summed E-state index contributed by atoms with van der Waals surface area (Å²) >= 11 is 0. The van der Waals surface area contributed by atoms with E-state index in [1.54, 1.807) is 12.1 Å². The molecule has 1 saturated heterocycles. The van der Waals surface area contributed by atoms with Crippen LogP contribution >= 0.6 is 0 Å². The number of likely N-dealkylation sites (N-methyl/N-ethyl adjacent to an activating group) is 1. The Kier molecular flexibility index (Phi) is 4.67. The number of rotatable bonds is 4. The molecule has 0 spiro atoms. The van der Waals surface area contributed by atoms with Crippen LogP contribution in [0.5, 0.6) is 0 Å². The molecule has 1 aromatic rings. The molecule has 1 amide bonds. The zero-order valence-electron chi connectivity index (χ0n) is 14.6. The monoisotopic (exact) mass is 334 g/mol. The van der Waals surface area contributed by atoms with Crippen LogP contribution < -0.4 is 0 Å². The number of benzene rings is 1. The molecule has 0 unspecified atom stereocenters. The Morgan fingerprint density at radius 3 is 2.42 bits per heavy atom. The minimum absolute atomic E-state index is 0.142. The van der Waals surface area contributed by atoms with Crippen LogP contribution in [0.4, 0.5) is 4.39 Å². The molecule has 1 N–H and O–H groups in total. The number of likely N-dealkylation sites (tertiary alicyclic amines) is 1. The van der Waals surface area contributed by atoms with E-state index in [2.05, 4.69) is 0 Å². The number of hydrogen-bond acceptors (Lipinski definition) is 3. The highest BCUT2D eigenvalue weighted by Crippen LogP contribution is 2.50. The van der Waals surface area contributed by atoms with Gasteiger partial charge >= 0.3 is 0 Å². The van der Waals surface area contributed by atoms with Crippen molar-refractivity contribution in [2.45, 2.75) is 43.1 Å². The quantitative estimate of drug-likeness (QED) is 0.918. The minimum Gasteiger partial charge on any atom is -0.388 e. The van der Waals surface area contributed by atoms with Crippen molar-refractivity contribution in [2.24, 2.45) is 0 Å². The molecule has 1 aromatic carbocycles. The molecule has 1 heterocycles. The van der Waals surface area contributed by atoms with Crippen LogP contribution in [0, 0.1) is 5.82 Å². The lowest BCUT2D eigenvalue weighted by atomic mass is 9.93. The molecule has 5 heteroatoms. The van der Waals surface area contributed by atoms with Crippen molar-refractivity contribution >= 4 is 5.91 Å². The summed E-state index contributed by atoms with van der Waals surface area (Å²) in [5, 5.41) is 10.8. The molecule has 1 atom stereocenters. The van der Waals surface area contributed by atoms with Crippen LogP contribution in [0.25, 0.3) is 0 Å². The van der Waals surface area contributed by atoms with Crippen LogP contribution in [0.3, 0.4) is 0 Å². The Balaban J connectivity index is 1.70. The van der Waals surface area contributed by atoms with Crippen LogP contribution in [-0.4, -0.2) is 60.1 Å². The maximum absolute atomic E-state index is 13.2. The minimum atomic E-state index is -0.717. The van der Waals surface area contributed by atoms with Gasteiger partial charge in [0.05, 0.1) is 11.0 Å². The molecular weight excluding hydrogens is 307 g/mol. The Morgan fingerprint density at radius 2 is 1.83 bits per heavy atom. The van der Waals surface area contributed by atoms with Gasteiger partial charge in [-0.3, -0.25) is 4.79 Å². The van der Waals surface area contributed by atoms with E-state index in [0.717, 1.165) is 31.2 Å². The predicted octanol–water partition coefficient (Wildman–Crippen LogP) is 2.16. The van der Waals surface area contributed by atoms with Crippen LogP contribution in [-0.2, 0) is 10.2 Å². The largest absolute Gasteiger partial charge is 0.388 e. The molecule has 0 bridgehead atoms. The summed E-state index contributed by atoms with van der Waals surface area (Å²) in [6.45, 7) is 1.90. The summed E-state index contributed by atoms with van der Waals surface area (Å²) in [5.74, 6) is -0.131. The van der Waals surface area contributed by atoms with Gasteiger partial charge in [-0.15, -0.1) is 0 Å². The Bertz CT molecular complexity index is 598. The van der Waals surface area contributed by atoms with Crippen LogP contribution in [0.2, 0.25) is 0 Å². The zero-order chi connectivity index (χ0) is 17.4. The summed E-state index contributed by atoms with van der Waals surface area (Å²) in [7, 11) is 3.92. The first-order valence-electron chi connectivity index (χ1n) is 8.77. The summed E-state index contributed by atoms with van der Waals surface area (Å²) < 4.78 is 13.2. The third-order valence-electron chi connectivity index (χ3n) is 5.37. The van der Waals surface area contributed by atoms with Crippen molar-refractivity contribution < 1.29 is 14.3 Å². The normalized spacial score (nSPS) is 26.3. The van der Waals surface area contributed by atoms with Gasteiger partial charge in [-0.1, -0.05) is 12.1 Å².